The van der Waals surface area contributed by atoms with Crippen molar-refractivity contribution in [3.8, 4) is 5.75 Å². The second-order valence-corrected chi connectivity index (χ2v) is 12.9. The number of amides is 1. The third kappa shape index (κ3) is 8.16. The van der Waals surface area contributed by atoms with E-state index in [4.69, 9.17) is 4.74 Å². The molecular formula is C32H36F3N3O4S. The molecule has 0 saturated heterocycles. The molecule has 0 spiro atoms. The molecule has 1 aliphatic carbocycles. The first kappa shape index (κ1) is 31.0. The zero-order valence-electron chi connectivity index (χ0n) is 23.7. The predicted octanol–water partition coefficient (Wildman–Crippen LogP) is 6.18. The first-order chi connectivity index (χ1) is 20.6. The topological polar surface area (TPSA) is 96.5 Å². The number of carbonyl (C=O) groups excluding carboxylic acids is 1. The molecule has 1 amide bonds. The van der Waals surface area contributed by atoms with Gasteiger partial charge in [-0.05, 0) is 48.2 Å². The Morgan fingerprint density at radius 1 is 0.930 bits per heavy atom. The summed E-state index contributed by atoms with van der Waals surface area (Å²) >= 11 is 0. The molecule has 3 N–H and O–H groups in total. The largest absolute Gasteiger partial charge is 0.493 e. The molecule has 3 aromatic carbocycles. The van der Waals surface area contributed by atoms with Crippen molar-refractivity contribution < 1.29 is 31.1 Å². The monoisotopic (exact) mass is 615 g/mol. The van der Waals surface area contributed by atoms with Gasteiger partial charge in [0.05, 0.1) is 29.1 Å². The van der Waals surface area contributed by atoms with Crippen LogP contribution in [-0.4, -0.2) is 27.0 Å². The molecule has 2 atom stereocenters. The lowest BCUT2D eigenvalue weighted by Gasteiger charge is -2.28. The van der Waals surface area contributed by atoms with Gasteiger partial charge in [-0.2, -0.15) is 13.2 Å². The maximum atomic E-state index is 13.3. The summed E-state index contributed by atoms with van der Waals surface area (Å²) < 4.78 is 74.5. The van der Waals surface area contributed by atoms with Gasteiger partial charge in [-0.25, -0.2) is 13.1 Å². The summed E-state index contributed by atoms with van der Waals surface area (Å²) in [6.07, 6.45) is 1.78. The minimum atomic E-state index is -4.70. The highest BCUT2D eigenvalue weighted by Crippen LogP contribution is 2.34. The number of fused-ring (bicyclic) bond motifs is 1. The molecule has 11 heteroatoms. The zero-order chi connectivity index (χ0) is 30.5. The fourth-order valence-electron chi connectivity index (χ4n) is 5.71. The number of alkyl halides is 3. The lowest BCUT2D eigenvalue weighted by Crippen LogP contribution is -2.36. The number of hydrogen-bond acceptors (Lipinski definition) is 5. The SMILES string of the molecule is O=C(CC(NS(=O)(=O)c1cccc(C(F)(F)F)c1)c1ccccc1)NC1CCOc2cc(CNC3CCCCC3)ccc21. The van der Waals surface area contributed by atoms with Crippen molar-refractivity contribution in [3.05, 3.63) is 95.1 Å². The van der Waals surface area contributed by atoms with Gasteiger partial charge in [-0.15, -0.1) is 0 Å². The van der Waals surface area contributed by atoms with Crippen molar-refractivity contribution in [2.75, 3.05) is 6.61 Å². The Bertz CT molecular complexity index is 1510. The van der Waals surface area contributed by atoms with Crippen LogP contribution in [0.3, 0.4) is 0 Å². The Balaban J connectivity index is 1.28. The number of hydrogen-bond donors (Lipinski definition) is 3. The molecule has 1 aliphatic heterocycles. The smallest absolute Gasteiger partial charge is 0.416 e. The number of nitrogens with one attached hydrogen (secondary N) is 3. The summed E-state index contributed by atoms with van der Waals surface area (Å²) in [5.41, 5.74) is 1.39. The van der Waals surface area contributed by atoms with Crippen LogP contribution in [0.25, 0.3) is 0 Å². The average molecular weight is 616 g/mol. The number of ether oxygens (including phenoxy) is 1. The Labute approximate surface area is 250 Å². The van der Waals surface area contributed by atoms with Gasteiger partial charge >= 0.3 is 6.18 Å². The fraction of sp³-hybridized carbons (Fsp3) is 0.406. The van der Waals surface area contributed by atoms with E-state index < -0.39 is 38.6 Å². The molecule has 0 bridgehead atoms. The van der Waals surface area contributed by atoms with Gasteiger partial charge < -0.3 is 15.4 Å². The van der Waals surface area contributed by atoms with Crippen molar-refractivity contribution in [2.24, 2.45) is 0 Å². The van der Waals surface area contributed by atoms with Gasteiger partial charge in [0, 0.05) is 31.0 Å². The highest BCUT2D eigenvalue weighted by molar-refractivity contribution is 7.89. The quantitative estimate of drug-likeness (QED) is 0.253. The molecule has 230 valence electrons. The first-order valence-electron chi connectivity index (χ1n) is 14.6. The molecule has 1 saturated carbocycles. The van der Waals surface area contributed by atoms with E-state index in [1.54, 1.807) is 30.3 Å². The summed E-state index contributed by atoms with van der Waals surface area (Å²) in [5, 5.41) is 6.64. The normalized spacial score (nSPS) is 18.3. The van der Waals surface area contributed by atoms with Gasteiger partial charge in [0.25, 0.3) is 0 Å². The van der Waals surface area contributed by atoms with Crippen LogP contribution in [0.4, 0.5) is 13.2 Å². The van der Waals surface area contributed by atoms with Crippen LogP contribution in [-0.2, 0) is 27.5 Å². The number of carbonyl (C=O) groups is 1. The van der Waals surface area contributed by atoms with E-state index in [1.807, 2.05) is 18.2 Å². The number of rotatable bonds is 10. The molecule has 1 heterocycles. The molecule has 43 heavy (non-hydrogen) atoms. The van der Waals surface area contributed by atoms with E-state index in [0.29, 0.717) is 36.4 Å². The van der Waals surface area contributed by atoms with E-state index in [0.717, 1.165) is 35.9 Å². The van der Waals surface area contributed by atoms with Gasteiger partial charge in [-0.3, -0.25) is 4.79 Å². The third-order valence-corrected chi connectivity index (χ3v) is 9.48. The zero-order valence-corrected chi connectivity index (χ0v) is 24.5. The van der Waals surface area contributed by atoms with E-state index >= 15 is 0 Å². The Kier molecular flexibility index (Phi) is 9.73. The number of benzene rings is 3. The van der Waals surface area contributed by atoms with Crippen LogP contribution in [0.15, 0.2) is 77.7 Å². The Morgan fingerprint density at radius 3 is 2.44 bits per heavy atom. The fourth-order valence-corrected chi connectivity index (χ4v) is 6.98. The first-order valence-corrected chi connectivity index (χ1v) is 16.1. The lowest BCUT2D eigenvalue weighted by atomic mass is 9.95. The Hall–Kier alpha value is -3.41. The van der Waals surface area contributed by atoms with Gasteiger partial charge in [-0.1, -0.05) is 67.8 Å². The lowest BCUT2D eigenvalue weighted by molar-refractivity contribution is -0.137. The van der Waals surface area contributed by atoms with Crippen molar-refractivity contribution in [1.29, 1.82) is 0 Å². The molecule has 0 aromatic heterocycles. The van der Waals surface area contributed by atoms with Crippen LogP contribution in [0.2, 0.25) is 0 Å². The van der Waals surface area contributed by atoms with Crippen molar-refractivity contribution >= 4 is 15.9 Å². The van der Waals surface area contributed by atoms with Crippen LogP contribution >= 0.6 is 0 Å². The highest BCUT2D eigenvalue weighted by Gasteiger charge is 2.33. The van der Waals surface area contributed by atoms with Crippen LogP contribution < -0.4 is 20.1 Å². The van der Waals surface area contributed by atoms with E-state index in [1.165, 1.54) is 32.1 Å². The molecule has 2 unspecified atom stereocenters. The molecular weight excluding hydrogens is 579 g/mol. The summed E-state index contributed by atoms with van der Waals surface area (Å²) in [6.45, 7) is 1.16. The van der Waals surface area contributed by atoms with Gasteiger partial charge in [0.2, 0.25) is 15.9 Å². The Morgan fingerprint density at radius 2 is 1.70 bits per heavy atom. The van der Waals surface area contributed by atoms with Crippen molar-refractivity contribution in [2.45, 2.75) is 80.7 Å². The van der Waals surface area contributed by atoms with Crippen molar-refractivity contribution in [1.82, 2.24) is 15.4 Å². The van der Waals surface area contributed by atoms with E-state index in [2.05, 4.69) is 15.4 Å². The summed E-state index contributed by atoms with van der Waals surface area (Å²) in [4.78, 5) is 12.8. The standard InChI is InChI=1S/C32H36F3N3O4S/c33-32(34,35)24-10-7-13-26(19-24)43(40,41)38-29(23-8-3-1-4-9-23)20-31(39)37-28-16-17-42-30-18-22(14-15-27(28)30)21-36-25-11-5-2-6-12-25/h1,3-4,7-10,13-15,18-19,25,28-29,36,38H,2,5-6,11-12,16-17,20-21H2,(H,37,39). The van der Waals surface area contributed by atoms with Crippen LogP contribution in [0.1, 0.15) is 79.3 Å². The molecule has 5 rings (SSSR count). The molecule has 3 aromatic rings. The van der Waals surface area contributed by atoms with Crippen LogP contribution in [0, 0.1) is 0 Å². The average Bonchev–Trinajstić information content (AvgIpc) is 3.00. The summed E-state index contributed by atoms with van der Waals surface area (Å²) in [5.74, 6) is 0.311. The van der Waals surface area contributed by atoms with Crippen molar-refractivity contribution in [3.63, 3.8) is 0 Å². The molecule has 7 nitrogen and oxygen atoms in total. The second kappa shape index (κ2) is 13.5. The molecule has 2 aliphatic rings. The summed E-state index contributed by atoms with van der Waals surface area (Å²) in [7, 11) is -4.39. The number of halogens is 3. The number of sulfonamides is 1. The van der Waals surface area contributed by atoms with Gasteiger partial charge in [0.15, 0.2) is 0 Å². The van der Waals surface area contributed by atoms with Gasteiger partial charge in [0.1, 0.15) is 5.75 Å². The van der Waals surface area contributed by atoms with Crippen LogP contribution in [0.5, 0.6) is 5.75 Å². The minimum Gasteiger partial charge on any atom is -0.493 e. The predicted molar refractivity (Wildman–Crippen MR) is 157 cm³/mol. The van der Waals surface area contributed by atoms with E-state index in [-0.39, 0.29) is 12.5 Å². The summed E-state index contributed by atoms with van der Waals surface area (Å²) in [6, 6.07) is 17.2. The second-order valence-electron chi connectivity index (χ2n) is 11.2. The highest BCUT2D eigenvalue weighted by atomic mass is 32.2. The molecule has 1 fully saturated rings. The maximum Gasteiger partial charge on any atom is 0.416 e. The third-order valence-electron chi connectivity index (χ3n) is 8.01. The van der Waals surface area contributed by atoms with E-state index in [9.17, 15) is 26.4 Å². The minimum absolute atomic E-state index is 0.252. The molecule has 0 radical (unpaired) electrons. The maximum absolute atomic E-state index is 13.3.